The van der Waals surface area contributed by atoms with Crippen molar-refractivity contribution < 1.29 is 27.4 Å². The number of carbonyl (C=O) groups is 1. The monoisotopic (exact) mass is 339 g/mol. The van der Waals surface area contributed by atoms with Gasteiger partial charge >= 0.3 is 5.97 Å². The van der Waals surface area contributed by atoms with E-state index in [1.165, 1.54) is 49.6 Å². The summed E-state index contributed by atoms with van der Waals surface area (Å²) in [5.41, 5.74) is 0.225. The van der Waals surface area contributed by atoms with Crippen LogP contribution in [0.5, 0.6) is 5.75 Å². The van der Waals surface area contributed by atoms with Crippen LogP contribution in [-0.4, -0.2) is 26.6 Å². The maximum absolute atomic E-state index is 14.0. The minimum atomic E-state index is -4.00. The van der Waals surface area contributed by atoms with Crippen molar-refractivity contribution in [2.45, 2.75) is 11.3 Å². The average Bonchev–Trinajstić information content (AvgIpc) is 2.49. The largest absolute Gasteiger partial charge is 0.494 e. The van der Waals surface area contributed by atoms with Gasteiger partial charge in [0, 0.05) is 0 Å². The minimum Gasteiger partial charge on any atom is -0.494 e. The number of carboxylic acid groups (broad SMARTS) is 1. The summed E-state index contributed by atoms with van der Waals surface area (Å²) in [4.78, 5) is 10.5. The molecule has 0 atom stereocenters. The third kappa shape index (κ3) is 3.98. The highest BCUT2D eigenvalue weighted by Gasteiger charge is 2.18. The van der Waals surface area contributed by atoms with E-state index in [9.17, 15) is 17.6 Å². The number of ether oxygens (including phenoxy) is 1. The SMILES string of the molecule is COc1cccc(NS(=O)(=O)c2ccc(CC(=O)O)cc2)c1F. The lowest BCUT2D eigenvalue weighted by Crippen LogP contribution is -2.14. The van der Waals surface area contributed by atoms with E-state index < -0.39 is 21.8 Å². The molecule has 0 saturated carbocycles. The molecule has 2 aromatic rings. The highest BCUT2D eigenvalue weighted by molar-refractivity contribution is 7.92. The van der Waals surface area contributed by atoms with Gasteiger partial charge in [0.15, 0.2) is 11.6 Å². The summed E-state index contributed by atoms with van der Waals surface area (Å²) < 4.78 is 45.4. The number of rotatable bonds is 6. The highest BCUT2D eigenvalue weighted by Crippen LogP contribution is 2.26. The standard InChI is InChI=1S/C15H14FNO5S/c1-22-13-4-2-3-12(15(13)16)17-23(20,21)11-7-5-10(6-8-11)9-14(18)19/h2-8,17H,9H2,1H3,(H,18,19). The molecule has 0 radical (unpaired) electrons. The van der Waals surface area contributed by atoms with Crippen molar-refractivity contribution in [1.82, 2.24) is 0 Å². The lowest BCUT2D eigenvalue weighted by molar-refractivity contribution is -0.136. The summed E-state index contributed by atoms with van der Waals surface area (Å²) in [6, 6.07) is 9.41. The number of anilines is 1. The van der Waals surface area contributed by atoms with Crippen LogP contribution in [0.1, 0.15) is 5.56 Å². The van der Waals surface area contributed by atoms with Gasteiger partial charge in [0.25, 0.3) is 10.0 Å². The predicted octanol–water partition coefficient (Wildman–Crippen LogP) is 2.26. The van der Waals surface area contributed by atoms with Gasteiger partial charge in [-0.1, -0.05) is 18.2 Å². The molecule has 23 heavy (non-hydrogen) atoms. The van der Waals surface area contributed by atoms with Gasteiger partial charge in [0.1, 0.15) is 0 Å². The number of halogens is 1. The number of nitrogens with one attached hydrogen (secondary N) is 1. The second-order valence-corrected chi connectivity index (χ2v) is 6.32. The second kappa shape index (κ2) is 6.66. The van der Waals surface area contributed by atoms with Gasteiger partial charge in [-0.3, -0.25) is 9.52 Å². The average molecular weight is 339 g/mol. The van der Waals surface area contributed by atoms with Crippen LogP contribution in [0.15, 0.2) is 47.4 Å². The summed E-state index contributed by atoms with van der Waals surface area (Å²) in [6.07, 6.45) is -0.210. The van der Waals surface area contributed by atoms with Gasteiger partial charge < -0.3 is 9.84 Å². The van der Waals surface area contributed by atoms with Crippen LogP contribution in [-0.2, 0) is 21.2 Å². The maximum atomic E-state index is 14.0. The highest BCUT2D eigenvalue weighted by atomic mass is 32.2. The van der Waals surface area contributed by atoms with Crippen molar-refractivity contribution in [3.05, 3.63) is 53.8 Å². The van der Waals surface area contributed by atoms with Gasteiger partial charge in [-0.25, -0.2) is 12.8 Å². The van der Waals surface area contributed by atoms with Crippen molar-refractivity contribution in [2.24, 2.45) is 0 Å². The Hall–Kier alpha value is -2.61. The Bertz CT molecular complexity index is 818. The van der Waals surface area contributed by atoms with Crippen LogP contribution in [0.4, 0.5) is 10.1 Å². The van der Waals surface area contributed by atoms with Crippen LogP contribution >= 0.6 is 0 Å². The van der Waals surface area contributed by atoms with Gasteiger partial charge in [-0.2, -0.15) is 0 Å². The Morgan fingerprint density at radius 2 is 1.87 bits per heavy atom. The molecule has 0 fully saturated rings. The molecule has 0 bridgehead atoms. The number of benzene rings is 2. The Kier molecular flexibility index (Phi) is 4.85. The fraction of sp³-hybridized carbons (Fsp3) is 0.133. The second-order valence-electron chi connectivity index (χ2n) is 4.64. The Balaban J connectivity index is 2.27. The summed E-state index contributed by atoms with van der Waals surface area (Å²) in [7, 11) is -2.72. The Morgan fingerprint density at radius 3 is 2.43 bits per heavy atom. The Labute approximate surface area is 132 Å². The van der Waals surface area contributed by atoms with E-state index in [2.05, 4.69) is 4.72 Å². The quantitative estimate of drug-likeness (QED) is 0.842. The van der Waals surface area contributed by atoms with Crippen molar-refractivity contribution in [1.29, 1.82) is 0 Å². The van der Waals surface area contributed by atoms with Crippen LogP contribution < -0.4 is 9.46 Å². The molecule has 0 aliphatic carbocycles. The van der Waals surface area contributed by atoms with E-state index in [0.717, 1.165) is 0 Å². The first kappa shape index (κ1) is 16.8. The molecule has 0 aliphatic heterocycles. The van der Waals surface area contributed by atoms with E-state index in [-0.39, 0.29) is 22.8 Å². The minimum absolute atomic E-state index is 0.0815. The van der Waals surface area contributed by atoms with Gasteiger partial charge in [-0.05, 0) is 29.8 Å². The molecule has 0 heterocycles. The molecule has 6 nitrogen and oxygen atoms in total. The molecule has 0 aromatic heterocycles. The zero-order valence-electron chi connectivity index (χ0n) is 12.1. The van der Waals surface area contributed by atoms with Crippen LogP contribution in [0.2, 0.25) is 0 Å². The summed E-state index contributed by atoms with van der Waals surface area (Å²) in [5.74, 6) is -1.92. The topological polar surface area (TPSA) is 92.7 Å². The van der Waals surface area contributed by atoms with Crippen LogP contribution in [0, 0.1) is 5.82 Å². The molecular weight excluding hydrogens is 325 g/mol. The Morgan fingerprint density at radius 1 is 1.22 bits per heavy atom. The molecule has 0 aliphatic rings. The van der Waals surface area contributed by atoms with Gasteiger partial charge in [0.05, 0.1) is 24.1 Å². The molecule has 0 amide bonds. The number of aliphatic carboxylic acids is 1. The van der Waals surface area contributed by atoms with Crippen molar-refractivity contribution in [3.8, 4) is 5.75 Å². The first-order valence-corrected chi connectivity index (χ1v) is 7.98. The number of methoxy groups -OCH3 is 1. The summed E-state index contributed by atoms with van der Waals surface area (Å²) >= 11 is 0. The number of hydrogen-bond acceptors (Lipinski definition) is 4. The maximum Gasteiger partial charge on any atom is 0.307 e. The molecule has 122 valence electrons. The summed E-state index contributed by atoms with van der Waals surface area (Å²) in [5, 5.41) is 8.69. The third-order valence-electron chi connectivity index (χ3n) is 3.02. The van der Waals surface area contributed by atoms with E-state index >= 15 is 0 Å². The normalized spacial score (nSPS) is 11.0. The first-order chi connectivity index (χ1) is 10.8. The van der Waals surface area contributed by atoms with Crippen molar-refractivity contribution in [2.75, 3.05) is 11.8 Å². The smallest absolute Gasteiger partial charge is 0.307 e. The fourth-order valence-electron chi connectivity index (χ4n) is 1.91. The summed E-state index contributed by atoms with van der Waals surface area (Å²) in [6.45, 7) is 0. The first-order valence-electron chi connectivity index (χ1n) is 6.49. The molecule has 2 aromatic carbocycles. The molecule has 0 spiro atoms. The molecule has 2 N–H and O–H groups in total. The number of hydrogen-bond donors (Lipinski definition) is 2. The lowest BCUT2D eigenvalue weighted by atomic mass is 10.2. The number of carboxylic acids is 1. The van der Waals surface area contributed by atoms with E-state index in [4.69, 9.17) is 9.84 Å². The third-order valence-corrected chi connectivity index (χ3v) is 4.40. The molecule has 8 heteroatoms. The molecule has 0 unspecified atom stereocenters. The molecular formula is C15H14FNO5S. The lowest BCUT2D eigenvalue weighted by Gasteiger charge is -2.11. The van der Waals surface area contributed by atoms with E-state index in [1.807, 2.05) is 0 Å². The molecule has 2 rings (SSSR count). The van der Waals surface area contributed by atoms with Gasteiger partial charge in [0.2, 0.25) is 0 Å². The predicted molar refractivity (Wildman–Crippen MR) is 81.5 cm³/mol. The van der Waals surface area contributed by atoms with Crippen LogP contribution in [0.3, 0.4) is 0 Å². The van der Waals surface area contributed by atoms with Crippen molar-refractivity contribution >= 4 is 21.7 Å². The zero-order valence-corrected chi connectivity index (χ0v) is 12.9. The van der Waals surface area contributed by atoms with Gasteiger partial charge in [-0.15, -0.1) is 0 Å². The number of sulfonamides is 1. The van der Waals surface area contributed by atoms with Crippen molar-refractivity contribution in [3.63, 3.8) is 0 Å². The fourth-order valence-corrected chi connectivity index (χ4v) is 2.97. The zero-order chi connectivity index (χ0) is 17.0. The molecule has 0 saturated heterocycles. The van der Waals surface area contributed by atoms with E-state index in [0.29, 0.717) is 5.56 Å². The van der Waals surface area contributed by atoms with Crippen LogP contribution in [0.25, 0.3) is 0 Å². The van der Waals surface area contributed by atoms with E-state index in [1.54, 1.807) is 0 Å².